The monoisotopic (exact) mass is 1200 g/mol. The Kier molecular flexibility index (Phi) is 26.0. The Hall–Kier alpha value is -12.5. The van der Waals surface area contributed by atoms with Crippen LogP contribution in [-0.4, -0.2) is 140 Å². The van der Waals surface area contributed by atoms with E-state index in [1.807, 2.05) is 0 Å². The van der Waals surface area contributed by atoms with Crippen LogP contribution in [0.3, 0.4) is 0 Å². The molecule has 0 heterocycles. The molecule has 0 unspecified atom stereocenters. The molecular weight excluding hydrogens is 1150 g/mol. The molecule has 0 saturated heterocycles. The van der Waals surface area contributed by atoms with E-state index in [1.165, 1.54) is 51.7 Å². The first kappa shape index (κ1) is 70.6. The maximum atomic E-state index is 11.2. The zero-order valence-corrected chi connectivity index (χ0v) is 44.9. The Morgan fingerprint density at radius 3 is 0.988 bits per heavy atom. The van der Waals surface area contributed by atoms with Crippen molar-refractivity contribution in [1.29, 1.82) is 0 Å². The molecule has 6 aromatic rings. The van der Waals surface area contributed by atoms with Gasteiger partial charge in [0.1, 0.15) is 0 Å². The van der Waals surface area contributed by atoms with Gasteiger partial charge in [0.05, 0.1) is 86.4 Å². The third-order valence-electron chi connectivity index (χ3n) is 10.7. The average molecular weight is 1200 g/mol. The van der Waals surface area contributed by atoms with E-state index < -0.39 is 112 Å². The molecule has 10 N–H and O–H groups in total. The van der Waals surface area contributed by atoms with Crippen LogP contribution in [0.25, 0.3) is 0 Å². The van der Waals surface area contributed by atoms with Crippen molar-refractivity contribution < 1.29 is 123 Å². The number of benzene rings is 6. The molecule has 0 fully saturated rings. The maximum Gasteiger partial charge on any atom is 0.338 e. The fraction of sp³-hybridized carbons (Fsp3) is 0.160. The van der Waals surface area contributed by atoms with E-state index >= 15 is 0 Å². The SMILES string of the molecule is COC(=O)c1cc(C)c(C)c([N+](=O)[O-])c1.COC(=O)c1cc(O)c(O)c([N+](=O)[O-])c1.COc1cc(C(=O)O)cc([N+](=O)[O-])c1O.COc1cc(C(=O)O)ccc1O.Cc1cc(C(=O)O)cc([N+](=O)[O-])c1C.O=C(O)c1cc(O)c(O)c([N+](=O)[O-])c1. The number of esters is 2. The van der Waals surface area contributed by atoms with Gasteiger partial charge >= 0.3 is 52.9 Å². The Morgan fingerprint density at radius 1 is 0.353 bits per heavy atom. The van der Waals surface area contributed by atoms with Crippen molar-refractivity contribution in [3.05, 3.63) is 185 Å². The number of rotatable bonds is 13. The van der Waals surface area contributed by atoms with Crippen molar-refractivity contribution in [3.8, 4) is 46.0 Å². The molecule has 6 rings (SSSR count). The fourth-order valence-electron chi connectivity index (χ4n) is 6.09. The highest BCUT2D eigenvalue weighted by Crippen LogP contribution is 2.39. The van der Waals surface area contributed by atoms with Crippen molar-refractivity contribution >= 4 is 64.3 Å². The number of nitrogens with zero attached hydrogens (tertiary/aromatic N) is 5. The predicted molar refractivity (Wildman–Crippen MR) is 284 cm³/mol. The molecule has 0 bridgehead atoms. The predicted octanol–water partition coefficient (Wildman–Crippen LogP) is 7.51. The summed E-state index contributed by atoms with van der Waals surface area (Å²) in [6.07, 6.45) is 0. The number of phenolic OH excluding ortho intramolecular Hbond substituents is 6. The van der Waals surface area contributed by atoms with E-state index in [0.717, 1.165) is 43.5 Å². The Labute approximate surface area is 473 Å². The molecule has 0 atom stereocenters. The molecule has 35 nitrogen and oxygen atoms in total. The molecule has 6 aromatic carbocycles. The van der Waals surface area contributed by atoms with Crippen molar-refractivity contribution in [2.24, 2.45) is 0 Å². The second-order valence-electron chi connectivity index (χ2n) is 16.0. The molecule has 85 heavy (non-hydrogen) atoms. The summed E-state index contributed by atoms with van der Waals surface area (Å²) in [6.45, 7) is 6.61. The van der Waals surface area contributed by atoms with Crippen molar-refractivity contribution in [2.45, 2.75) is 27.7 Å². The molecule has 0 aromatic heterocycles. The van der Waals surface area contributed by atoms with Crippen molar-refractivity contribution in [2.75, 3.05) is 28.4 Å². The van der Waals surface area contributed by atoms with Crippen molar-refractivity contribution in [3.63, 3.8) is 0 Å². The van der Waals surface area contributed by atoms with Crippen LogP contribution in [0.15, 0.2) is 78.9 Å². The van der Waals surface area contributed by atoms with Crippen LogP contribution in [0.1, 0.15) is 84.4 Å². The number of nitro benzene ring substituents is 5. The van der Waals surface area contributed by atoms with Crippen LogP contribution in [0.5, 0.6) is 46.0 Å². The molecular formula is C50H47N5O30. The molecule has 35 heteroatoms. The van der Waals surface area contributed by atoms with Gasteiger partial charge in [0, 0.05) is 41.5 Å². The number of carboxylic acid groups (broad SMARTS) is 4. The van der Waals surface area contributed by atoms with Crippen LogP contribution < -0.4 is 9.47 Å². The zero-order valence-electron chi connectivity index (χ0n) is 44.9. The summed E-state index contributed by atoms with van der Waals surface area (Å²) in [7, 11) is 4.87. The molecule has 0 aliphatic rings. The van der Waals surface area contributed by atoms with E-state index in [9.17, 15) is 84.4 Å². The summed E-state index contributed by atoms with van der Waals surface area (Å²) in [5.41, 5.74) is -0.907. The standard InChI is InChI=1S/C10H11NO4.C9H9NO4.2C8H7NO6.C8H8O4.C7H5NO6/c1-6-4-8(10(12)15-3)5-9(7(6)2)11(13)14;1-5-3-7(9(11)12)4-8(6(5)2)10(13)14;1-15-6-3-4(8(11)12)2-5(7(6)10)9(13)14;1-15-8(12)4-2-5(9(13)14)7(11)6(10)3-4;1-12-7-4-5(8(10)11)2-3-6(7)9;9-5-2-3(7(11)12)1-4(6(5)10)8(13)14/h4-5H,1-3H3;3-4H,1-2H3,(H,11,12);2-3,10H,1H3,(H,11,12);2-3,10-11H,1H3;2-4,9H,1H3,(H,10,11);1-2,9-10H,(H,11,12). The number of carbonyl (C=O) groups excluding carboxylic acids is 2. The van der Waals surface area contributed by atoms with Crippen molar-refractivity contribution in [1.82, 2.24) is 0 Å². The van der Waals surface area contributed by atoms with Gasteiger partial charge in [-0.1, -0.05) is 0 Å². The topological polar surface area (TPSA) is 557 Å². The molecule has 0 aliphatic heterocycles. The van der Waals surface area contributed by atoms with Gasteiger partial charge in [-0.15, -0.1) is 0 Å². The number of aromatic hydroxyl groups is 6. The van der Waals surface area contributed by atoms with Gasteiger partial charge in [0.25, 0.3) is 11.4 Å². The summed E-state index contributed by atoms with van der Waals surface area (Å²) in [4.78, 5) is 113. The highest BCUT2D eigenvalue weighted by atomic mass is 16.6. The zero-order chi connectivity index (χ0) is 65.7. The van der Waals surface area contributed by atoms with Crippen LogP contribution in [0.4, 0.5) is 28.4 Å². The minimum atomic E-state index is -1.43. The number of carboxylic acids is 4. The molecule has 0 aliphatic carbocycles. The smallest absolute Gasteiger partial charge is 0.338 e. The Bertz CT molecular complexity index is 3460. The number of phenols is 6. The lowest BCUT2D eigenvalue weighted by molar-refractivity contribution is -0.386. The number of aromatic carboxylic acids is 4. The number of carbonyl (C=O) groups is 6. The number of methoxy groups -OCH3 is 4. The highest BCUT2D eigenvalue weighted by molar-refractivity contribution is 5.93. The van der Waals surface area contributed by atoms with Crippen LogP contribution in [-0.2, 0) is 9.47 Å². The molecule has 0 amide bonds. The maximum absolute atomic E-state index is 11.2. The van der Waals surface area contributed by atoms with Gasteiger partial charge in [0.15, 0.2) is 28.7 Å². The van der Waals surface area contributed by atoms with Crippen LogP contribution >= 0.6 is 0 Å². The number of nitro groups is 5. The average Bonchev–Trinajstić information content (AvgIpc) is 3.65. The lowest BCUT2D eigenvalue weighted by Crippen LogP contribution is -2.04. The number of ether oxygens (including phenoxy) is 4. The number of hydrogen-bond donors (Lipinski definition) is 10. The quantitative estimate of drug-likeness (QED) is 0.0231. The molecule has 452 valence electrons. The van der Waals surface area contributed by atoms with E-state index in [1.54, 1.807) is 33.8 Å². The van der Waals surface area contributed by atoms with Gasteiger partial charge in [-0.3, -0.25) is 50.6 Å². The summed E-state index contributed by atoms with van der Waals surface area (Å²) >= 11 is 0. The second-order valence-corrected chi connectivity index (χ2v) is 16.0. The second kappa shape index (κ2) is 31.4. The normalized spacial score (nSPS) is 9.69. The first-order valence-corrected chi connectivity index (χ1v) is 22.4. The minimum Gasteiger partial charge on any atom is -0.504 e. The van der Waals surface area contributed by atoms with Gasteiger partial charge in [-0.05, 0) is 87.4 Å². The summed E-state index contributed by atoms with van der Waals surface area (Å²) in [5, 5.41) is 141. The van der Waals surface area contributed by atoms with Crippen LogP contribution in [0, 0.1) is 78.3 Å². The summed E-state index contributed by atoms with van der Waals surface area (Å²) in [6, 6.07) is 14.0. The number of hydrogen-bond acceptors (Lipinski definition) is 26. The molecule has 0 spiro atoms. The number of aryl methyl sites for hydroxylation is 2. The van der Waals surface area contributed by atoms with E-state index in [2.05, 4.69) is 14.2 Å². The van der Waals surface area contributed by atoms with Gasteiger partial charge in [0.2, 0.25) is 17.2 Å². The van der Waals surface area contributed by atoms with Crippen LogP contribution in [0.2, 0.25) is 0 Å². The minimum absolute atomic E-state index is 0.0557. The third kappa shape index (κ3) is 19.7. The lowest BCUT2D eigenvalue weighted by Gasteiger charge is -2.04. The third-order valence-corrected chi connectivity index (χ3v) is 10.7. The fourth-order valence-corrected chi connectivity index (χ4v) is 6.09. The molecule has 0 saturated carbocycles. The summed E-state index contributed by atoms with van der Waals surface area (Å²) in [5.74, 6) is -10.6. The van der Waals surface area contributed by atoms with Gasteiger partial charge < -0.3 is 70.0 Å². The first-order valence-electron chi connectivity index (χ1n) is 22.4. The Balaban J connectivity index is 0.000000511. The summed E-state index contributed by atoms with van der Waals surface area (Å²) < 4.78 is 18.1. The van der Waals surface area contributed by atoms with Gasteiger partial charge in [-0.25, -0.2) is 28.8 Å². The molecule has 0 radical (unpaired) electrons. The first-order chi connectivity index (χ1) is 39.4. The highest BCUT2D eigenvalue weighted by Gasteiger charge is 2.25. The van der Waals surface area contributed by atoms with E-state index in [-0.39, 0.29) is 56.4 Å². The largest absolute Gasteiger partial charge is 0.504 e. The lowest BCUT2D eigenvalue weighted by atomic mass is 10.0. The van der Waals surface area contributed by atoms with E-state index in [0.29, 0.717) is 28.3 Å². The Morgan fingerprint density at radius 2 is 0.635 bits per heavy atom. The van der Waals surface area contributed by atoms with Gasteiger partial charge in [-0.2, -0.15) is 0 Å². The van der Waals surface area contributed by atoms with E-state index in [4.69, 9.17) is 50.7 Å².